The lowest BCUT2D eigenvalue weighted by Crippen LogP contribution is -2.43. The monoisotopic (exact) mass is 210 g/mol. The molecule has 1 aliphatic carbocycles. The van der Waals surface area contributed by atoms with Gasteiger partial charge in [0, 0.05) is 6.42 Å². The summed E-state index contributed by atoms with van der Waals surface area (Å²) in [6.07, 6.45) is 7.36. The molecule has 1 fully saturated rings. The summed E-state index contributed by atoms with van der Waals surface area (Å²) in [5.41, 5.74) is -0.504. The van der Waals surface area contributed by atoms with Gasteiger partial charge < -0.3 is 5.11 Å². The Morgan fingerprint density at radius 2 is 2.33 bits per heavy atom. The second kappa shape index (κ2) is 5.45. The van der Waals surface area contributed by atoms with Crippen molar-refractivity contribution < 1.29 is 9.90 Å². The zero-order valence-corrected chi connectivity index (χ0v) is 9.67. The predicted molar refractivity (Wildman–Crippen MR) is 61.6 cm³/mol. The molecule has 15 heavy (non-hydrogen) atoms. The standard InChI is InChI=1S/C13H22O2/c1-3-7-11(4-2)13(10-14)9-6-5-8-12(13)15/h4,11,14H,2-3,5-10H2,1H3/t11-,13+/m0/s1. The van der Waals surface area contributed by atoms with Gasteiger partial charge in [-0.05, 0) is 25.2 Å². The van der Waals surface area contributed by atoms with Gasteiger partial charge in [0.2, 0.25) is 0 Å². The van der Waals surface area contributed by atoms with Gasteiger partial charge in [0.25, 0.3) is 0 Å². The SMILES string of the molecule is C=C[C@@H](CCC)[C@]1(CO)CCCCC1=O. The van der Waals surface area contributed by atoms with Crippen LogP contribution in [0.3, 0.4) is 0 Å². The van der Waals surface area contributed by atoms with Crippen LogP contribution in [0.1, 0.15) is 45.4 Å². The van der Waals surface area contributed by atoms with E-state index in [4.69, 9.17) is 0 Å². The van der Waals surface area contributed by atoms with Gasteiger partial charge in [-0.15, -0.1) is 6.58 Å². The summed E-state index contributed by atoms with van der Waals surface area (Å²) < 4.78 is 0. The second-order valence-corrected chi connectivity index (χ2v) is 4.58. The van der Waals surface area contributed by atoms with Crippen LogP contribution in [0.25, 0.3) is 0 Å². The lowest BCUT2D eigenvalue weighted by atomic mass is 9.64. The van der Waals surface area contributed by atoms with Crippen molar-refractivity contribution in [2.75, 3.05) is 6.61 Å². The summed E-state index contributed by atoms with van der Waals surface area (Å²) in [5.74, 6) is 0.398. The normalized spacial score (nSPS) is 28.8. The molecule has 0 aromatic rings. The number of allylic oxidation sites excluding steroid dienone is 1. The fraction of sp³-hybridized carbons (Fsp3) is 0.769. The minimum Gasteiger partial charge on any atom is -0.395 e. The predicted octanol–water partition coefficient (Wildman–Crippen LogP) is 2.71. The fourth-order valence-electron chi connectivity index (χ4n) is 2.72. The van der Waals surface area contributed by atoms with Gasteiger partial charge in [0.1, 0.15) is 5.78 Å². The van der Waals surface area contributed by atoms with Crippen LogP contribution >= 0.6 is 0 Å². The maximum atomic E-state index is 12.0. The maximum absolute atomic E-state index is 12.0. The average Bonchev–Trinajstić information content (AvgIpc) is 2.27. The Balaban J connectivity index is 2.88. The van der Waals surface area contributed by atoms with Gasteiger partial charge in [0.15, 0.2) is 0 Å². The molecule has 2 atom stereocenters. The van der Waals surface area contributed by atoms with Crippen LogP contribution in [-0.2, 0) is 4.79 Å². The number of aliphatic hydroxyl groups is 1. The van der Waals surface area contributed by atoms with E-state index in [0.29, 0.717) is 6.42 Å². The molecule has 0 spiro atoms. The zero-order chi connectivity index (χ0) is 11.3. The van der Waals surface area contributed by atoms with Gasteiger partial charge in [-0.1, -0.05) is 25.8 Å². The van der Waals surface area contributed by atoms with Crippen molar-refractivity contribution in [2.45, 2.75) is 45.4 Å². The summed E-state index contributed by atoms with van der Waals surface area (Å²) in [6, 6.07) is 0. The van der Waals surface area contributed by atoms with E-state index in [1.807, 2.05) is 6.08 Å². The van der Waals surface area contributed by atoms with E-state index in [9.17, 15) is 9.90 Å². The number of hydrogen-bond acceptors (Lipinski definition) is 2. The number of carbonyl (C=O) groups excluding carboxylic acids is 1. The van der Waals surface area contributed by atoms with Crippen molar-refractivity contribution in [3.8, 4) is 0 Å². The molecular formula is C13H22O2. The van der Waals surface area contributed by atoms with Crippen LogP contribution in [0.4, 0.5) is 0 Å². The minimum atomic E-state index is -0.504. The maximum Gasteiger partial charge on any atom is 0.141 e. The van der Waals surface area contributed by atoms with Crippen LogP contribution in [0.5, 0.6) is 0 Å². The van der Waals surface area contributed by atoms with Crippen molar-refractivity contribution in [1.82, 2.24) is 0 Å². The van der Waals surface area contributed by atoms with Crippen LogP contribution in [0.15, 0.2) is 12.7 Å². The van der Waals surface area contributed by atoms with E-state index in [2.05, 4.69) is 13.5 Å². The number of carbonyl (C=O) groups is 1. The van der Waals surface area contributed by atoms with Crippen LogP contribution in [-0.4, -0.2) is 17.5 Å². The first-order chi connectivity index (χ1) is 7.21. The Labute approximate surface area is 92.4 Å². The van der Waals surface area contributed by atoms with E-state index in [-0.39, 0.29) is 18.3 Å². The molecule has 0 aliphatic heterocycles. The molecular weight excluding hydrogens is 188 g/mol. The number of Topliss-reactive ketones (excluding diaryl/α,β-unsaturated/α-hetero) is 1. The lowest BCUT2D eigenvalue weighted by Gasteiger charge is -2.39. The van der Waals surface area contributed by atoms with Gasteiger partial charge in [-0.3, -0.25) is 4.79 Å². The zero-order valence-electron chi connectivity index (χ0n) is 9.67. The average molecular weight is 210 g/mol. The molecule has 2 heteroatoms. The third-order valence-electron chi connectivity index (χ3n) is 3.71. The Morgan fingerprint density at radius 1 is 1.60 bits per heavy atom. The van der Waals surface area contributed by atoms with Gasteiger partial charge in [-0.2, -0.15) is 0 Å². The van der Waals surface area contributed by atoms with E-state index >= 15 is 0 Å². The highest BCUT2D eigenvalue weighted by molar-refractivity contribution is 5.86. The largest absolute Gasteiger partial charge is 0.395 e. The van der Waals surface area contributed by atoms with E-state index in [1.54, 1.807) is 0 Å². The van der Waals surface area contributed by atoms with Crippen LogP contribution in [0.2, 0.25) is 0 Å². The van der Waals surface area contributed by atoms with E-state index in [1.165, 1.54) is 0 Å². The molecule has 1 N–H and O–H groups in total. The Hall–Kier alpha value is -0.630. The van der Waals surface area contributed by atoms with Gasteiger partial charge in [0.05, 0.1) is 12.0 Å². The lowest BCUT2D eigenvalue weighted by molar-refractivity contribution is -0.137. The molecule has 0 aromatic heterocycles. The topological polar surface area (TPSA) is 37.3 Å². The Kier molecular flexibility index (Phi) is 4.52. The summed E-state index contributed by atoms with van der Waals surface area (Å²) in [7, 11) is 0. The van der Waals surface area contributed by atoms with Crippen molar-refractivity contribution in [2.24, 2.45) is 11.3 Å². The first kappa shape index (κ1) is 12.4. The third-order valence-corrected chi connectivity index (χ3v) is 3.71. The molecule has 1 aliphatic rings. The van der Waals surface area contributed by atoms with Crippen LogP contribution < -0.4 is 0 Å². The highest BCUT2D eigenvalue weighted by Gasteiger charge is 2.43. The Morgan fingerprint density at radius 3 is 2.80 bits per heavy atom. The number of rotatable bonds is 5. The summed E-state index contributed by atoms with van der Waals surface area (Å²) in [4.78, 5) is 12.0. The highest BCUT2D eigenvalue weighted by atomic mass is 16.3. The Bertz CT molecular complexity index is 235. The second-order valence-electron chi connectivity index (χ2n) is 4.58. The van der Waals surface area contributed by atoms with E-state index < -0.39 is 5.41 Å². The number of aliphatic hydroxyl groups excluding tert-OH is 1. The molecule has 0 radical (unpaired) electrons. The first-order valence-corrected chi connectivity index (χ1v) is 5.98. The molecule has 0 unspecified atom stereocenters. The molecule has 0 aromatic carbocycles. The summed E-state index contributed by atoms with van der Waals surface area (Å²) >= 11 is 0. The third kappa shape index (κ3) is 2.31. The molecule has 0 heterocycles. The minimum absolute atomic E-state index is 0.0114. The molecule has 0 amide bonds. The number of ketones is 1. The quantitative estimate of drug-likeness (QED) is 0.708. The summed E-state index contributed by atoms with van der Waals surface area (Å²) in [5, 5.41) is 9.57. The highest BCUT2D eigenvalue weighted by Crippen LogP contribution is 2.42. The van der Waals surface area contributed by atoms with Crippen molar-refractivity contribution in [1.29, 1.82) is 0 Å². The van der Waals surface area contributed by atoms with Crippen molar-refractivity contribution >= 4 is 5.78 Å². The molecule has 0 bridgehead atoms. The molecule has 2 nitrogen and oxygen atoms in total. The summed E-state index contributed by atoms with van der Waals surface area (Å²) in [6.45, 7) is 5.91. The molecule has 1 saturated carbocycles. The van der Waals surface area contributed by atoms with Crippen molar-refractivity contribution in [3.05, 3.63) is 12.7 Å². The molecule has 1 rings (SSSR count). The molecule has 86 valence electrons. The van der Waals surface area contributed by atoms with Gasteiger partial charge in [-0.25, -0.2) is 0 Å². The van der Waals surface area contributed by atoms with Gasteiger partial charge >= 0.3 is 0 Å². The van der Waals surface area contributed by atoms with E-state index in [0.717, 1.165) is 32.1 Å². The number of hydrogen-bond donors (Lipinski definition) is 1. The first-order valence-electron chi connectivity index (χ1n) is 5.98. The fourth-order valence-corrected chi connectivity index (χ4v) is 2.72. The smallest absolute Gasteiger partial charge is 0.141 e. The molecule has 0 saturated heterocycles. The van der Waals surface area contributed by atoms with Crippen LogP contribution in [0, 0.1) is 11.3 Å². The van der Waals surface area contributed by atoms with Crippen molar-refractivity contribution in [3.63, 3.8) is 0 Å².